The quantitative estimate of drug-likeness (QED) is 0.372. The molecule has 0 radical (unpaired) electrons. The number of likely N-dealkylation sites (tertiary alicyclic amines) is 1. The van der Waals surface area contributed by atoms with Crippen LogP contribution >= 0.6 is 0 Å². The number of piperidine rings is 1. The Morgan fingerprint density at radius 2 is 1.70 bits per heavy atom. The number of aliphatic hydroxyl groups is 1. The van der Waals surface area contributed by atoms with Crippen molar-refractivity contribution >= 4 is 23.6 Å². The predicted octanol–water partition coefficient (Wildman–Crippen LogP) is 5.02. The minimum atomic E-state index is -0.722. The Bertz CT molecular complexity index is 1420. The van der Waals surface area contributed by atoms with Crippen molar-refractivity contribution in [2.24, 2.45) is 5.41 Å². The van der Waals surface area contributed by atoms with Crippen LogP contribution in [0.5, 0.6) is 0 Å². The maximum Gasteiger partial charge on any atom is 0.407 e. The van der Waals surface area contributed by atoms with Gasteiger partial charge in [-0.1, -0.05) is 24.3 Å². The Morgan fingerprint density at radius 3 is 2.36 bits per heavy atom. The lowest BCUT2D eigenvalue weighted by molar-refractivity contribution is -0.0841. The number of benzene rings is 2. The number of nitrogens with zero attached hydrogens (tertiary/aromatic N) is 3. The highest BCUT2D eigenvalue weighted by Gasteiger charge is 2.46. The van der Waals surface area contributed by atoms with Gasteiger partial charge in [0.05, 0.1) is 23.5 Å². The van der Waals surface area contributed by atoms with Gasteiger partial charge in [-0.2, -0.15) is 0 Å². The van der Waals surface area contributed by atoms with Crippen LogP contribution in [0.1, 0.15) is 91.6 Å². The Morgan fingerprint density at radius 1 is 1.02 bits per heavy atom. The summed E-state index contributed by atoms with van der Waals surface area (Å²) in [6.07, 6.45) is 4.42. The van der Waals surface area contributed by atoms with Crippen LogP contribution in [0.25, 0.3) is 0 Å². The highest BCUT2D eigenvalue weighted by atomic mass is 16.6. The number of aliphatic hydroxyl groups excluding tert-OH is 1. The molecule has 256 valence electrons. The maximum atomic E-state index is 13.8. The summed E-state index contributed by atoms with van der Waals surface area (Å²) in [5.41, 5.74) is 3.69. The number of ether oxygens (including phenoxy) is 2. The zero-order valence-corrected chi connectivity index (χ0v) is 28.7. The van der Waals surface area contributed by atoms with Gasteiger partial charge >= 0.3 is 6.09 Å². The fourth-order valence-electron chi connectivity index (χ4n) is 7.21. The van der Waals surface area contributed by atoms with E-state index in [1.807, 2.05) is 56.0 Å². The normalized spacial score (nSPS) is 18.8. The summed E-state index contributed by atoms with van der Waals surface area (Å²) in [5.74, 6) is -0.111. The Kier molecular flexibility index (Phi) is 10.8. The van der Waals surface area contributed by atoms with E-state index >= 15 is 0 Å². The predicted molar refractivity (Wildman–Crippen MR) is 182 cm³/mol. The molecule has 10 heteroatoms. The van der Waals surface area contributed by atoms with E-state index in [-0.39, 0.29) is 18.4 Å². The molecule has 3 amide bonds. The summed E-state index contributed by atoms with van der Waals surface area (Å²) >= 11 is 0. The van der Waals surface area contributed by atoms with Gasteiger partial charge < -0.3 is 34.6 Å². The average Bonchev–Trinajstić information content (AvgIpc) is 3.16. The molecule has 1 saturated heterocycles. The van der Waals surface area contributed by atoms with Crippen molar-refractivity contribution in [2.45, 2.75) is 90.6 Å². The average molecular weight is 649 g/mol. The van der Waals surface area contributed by atoms with Crippen molar-refractivity contribution in [1.29, 1.82) is 0 Å². The summed E-state index contributed by atoms with van der Waals surface area (Å²) in [6.45, 7) is 11.4. The highest BCUT2D eigenvalue weighted by molar-refractivity contribution is 6.03. The topological polar surface area (TPSA) is 112 Å². The second kappa shape index (κ2) is 14.6. The highest BCUT2D eigenvalue weighted by Crippen LogP contribution is 2.50. The number of nitrogens with one attached hydrogen (secondary N) is 1. The molecule has 2 heterocycles. The van der Waals surface area contributed by atoms with E-state index < -0.39 is 17.8 Å². The van der Waals surface area contributed by atoms with E-state index in [2.05, 4.69) is 17.1 Å². The number of likely N-dealkylation sites (N-methyl/N-ethyl adjacent to an activating group) is 1. The third-order valence-corrected chi connectivity index (χ3v) is 10.0. The number of anilines is 1. The number of amides is 3. The molecule has 1 aliphatic carbocycles. The molecule has 47 heavy (non-hydrogen) atoms. The van der Waals surface area contributed by atoms with Crippen LogP contribution in [0.15, 0.2) is 42.5 Å². The molecule has 0 bridgehead atoms. The first-order valence-electron chi connectivity index (χ1n) is 17.1. The lowest BCUT2D eigenvalue weighted by Crippen LogP contribution is -2.50. The van der Waals surface area contributed by atoms with Gasteiger partial charge in [0.15, 0.2) is 0 Å². The molecule has 2 N–H and O–H groups in total. The van der Waals surface area contributed by atoms with Crippen LogP contribution in [0.4, 0.5) is 10.5 Å². The van der Waals surface area contributed by atoms with E-state index in [4.69, 9.17) is 9.47 Å². The molecule has 1 spiro atoms. The first-order chi connectivity index (χ1) is 22.4. The molecule has 0 unspecified atom stereocenters. The van der Waals surface area contributed by atoms with E-state index in [0.717, 1.165) is 55.6 Å². The summed E-state index contributed by atoms with van der Waals surface area (Å²) in [6, 6.07) is 13.3. The van der Waals surface area contributed by atoms with Crippen LogP contribution in [-0.2, 0) is 22.4 Å². The van der Waals surface area contributed by atoms with Gasteiger partial charge in [-0.05, 0) is 101 Å². The summed E-state index contributed by atoms with van der Waals surface area (Å²) in [7, 11) is 1.78. The number of methoxy groups -OCH3 is 1. The number of carbonyl (C=O) groups excluding carboxylic acids is 3. The number of rotatable bonds is 10. The van der Waals surface area contributed by atoms with Gasteiger partial charge in [0.25, 0.3) is 11.8 Å². The number of β-amino-alcohol motifs (C(OH)–C–C–N with tert-alkyl or cyclic N) is 1. The first-order valence-corrected chi connectivity index (χ1v) is 17.1. The van der Waals surface area contributed by atoms with E-state index in [1.165, 1.54) is 0 Å². The SMILES string of the molecule is CCN1CCN(C[C@@H](O)CCc2ccccc2CNC(=O)OC(C)(C)C)C(=O)c2ccc(C(=O)N3CCC4(CC3)CC(OC)C4)cc21. The smallest absolute Gasteiger partial charge is 0.407 e. The zero-order chi connectivity index (χ0) is 33.8. The second-order valence-corrected chi connectivity index (χ2v) is 14.4. The summed E-state index contributed by atoms with van der Waals surface area (Å²) in [5, 5.41) is 13.9. The molecular weight excluding hydrogens is 596 g/mol. The van der Waals surface area contributed by atoms with Crippen molar-refractivity contribution in [3.8, 4) is 0 Å². The Hall–Kier alpha value is -3.63. The summed E-state index contributed by atoms with van der Waals surface area (Å²) in [4.78, 5) is 45.3. The molecule has 2 aliphatic heterocycles. The molecular formula is C37H52N4O6. The number of hydrogen-bond donors (Lipinski definition) is 2. The molecule has 5 rings (SSSR count). The molecule has 2 aromatic carbocycles. The van der Waals surface area contributed by atoms with Crippen molar-refractivity contribution < 1.29 is 29.0 Å². The second-order valence-electron chi connectivity index (χ2n) is 14.4. The van der Waals surface area contributed by atoms with Gasteiger partial charge in [-0.15, -0.1) is 0 Å². The molecule has 10 nitrogen and oxygen atoms in total. The molecule has 2 aromatic rings. The molecule has 2 fully saturated rings. The number of carbonyl (C=O) groups is 3. The molecule has 1 atom stereocenters. The number of hydrogen-bond acceptors (Lipinski definition) is 7. The van der Waals surface area contributed by atoms with E-state index in [9.17, 15) is 19.5 Å². The Balaban J connectivity index is 1.18. The fraction of sp³-hybridized carbons (Fsp3) is 0.595. The van der Waals surface area contributed by atoms with Crippen LogP contribution in [0, 0.1) is 5.41 Å². The minimum absolute atomic E-state index is 0.0202. The maximum absolute atomic E-state index is 13.8. The van der Waals surface area contributed by atoms with Crippen LogP contribution < -0.4 is 10.2 Å². The standard InChI is InChI=1S/C37H52N4O6/c1-6-39-19-20-41(25-29(42)13-11-26-9-7-8-10-28(26)24-38-35(45)47-36(2,3)4)34(44)31-14-12-27(21-32(31)39)33(43)40-17-15-37(16-18-40)22-30(23-37)46-5/h7-10,12,14,21,29-30,42H,6,11,13,15-20,22-25H2,1-5H3,(H,38,45)/t29-/m0/s1. The van der Waals surface area contributed by atoms with Gasteiger partial charge in [-0.3, -0.25) is 9.59 Å². The largest absolute Gasteiger partial charge is 0.444 e. The van der Waals surface area contributed by atoms with Crippen LogP contribution in [0.3, 0.4) is 0 Å². The Labute approximate surface area is 279 Å². The van der Waals surface area contributed by atoms with Gasteiger partial charge in [0.1, 0.15) is 5.60 Å². The zero-order valence-electron chi connectivity index (χ0n) is 28.7. The lowest BCUT2D eigenvalue weighted by Gasteiger charge is -2.51. The van der Waals surface area contributed by atoms with Crippen molar-refractivity contribution in [3.63, 3.8) is 0 Å². The minimum Gasteiger partial charge on any atom is -0.444 e. The number of aryl methyl sites for hydroxylation is 1. The lowest BCUT2D eigenvalue weighted by atomic mass is 9.61. The monoisotopic (exact) mass is 648 g/mol. The molecule has 0 aromatic heterocycles. The van der Waals surface area contributed by atoms with Crippen LogP contribution in [0.2, 0.25) is 0 Å². The van der Waals surface area contributed by atoms with Gasteiger partial charge in [-0.25, -0.2) is 4.79 Å². The van der Waals surface area contributed by atoms with Crippen LogP contribution in [-0.4, -0.2) is 97.0 Å². The number of alkyl carbamates (subject to hydrolysis) is 1. The van der Waals surface area contributed by atoms with E-state index in [1.54, 1.807) is 24.1 Å². The summed E-state index contributed by atoms with van der Waals surface area (Å²) < 4.78 is 10.8. The third kappa shape index (κ3) is 8.46. The van der Waals surface area contributed by atoms with E-state index in [0.29, 0.717) is 61.7 Å². The molecule has 3 aliphatic rings. The molecule has 1 saturated carbocycles. The fourth-order valence-corrected chi connectivity index (χ4v) is 7.21. The van der Waals surface area contributed by atoms with Crippen molar-refractivity contribution in [2.75, 3.05) is 51.3 Å². The van der Waals surface area contributed by atoms with Gasteiger partial charge in [0.2, 0.25) is 0 Å². The van der Waals surface area contributed by atoms with Crippen molar-refractivity contribution in [1.82, 2.24) is 15.1 Å². The van der Waals surface area contributed by atoms with Crippen molar-refractivity contribution in [3.05, 3.63) is 64.7 Å². The first kappa shape index (κ1) is 34.7. The third-order valence-electron chi connectivity index (χ3n) is 10.0. The van der Waals surface area contributed by atoms with Gasteiger partial charge in [0, 0.05) is 58.5 Å². The number of fused-ring (bicyclic) bond motifs is 1.